The third-order valence-electron chi connectivity index (χ3n) is 9.78. The molecule has 0 saturated heterocycles. The summed E-state index contributed by atoms with van der Waals surface area (Å²) in [7, 11) is 2.39. The molecule has 49 heavy (non-hydrogen) atoms. The van der Waals surface area contributed by atoms with Crippen molar-refractivity contribution >= 4 is 23.6 Å². The number of hydrogen-bond donors (Lipinski definition) is 1. The van der Waals surface area contributed by atoms with Crippen LogP contribution in [0.5, 0.6) is 0 Å². The molecular weight excluding hydrogens is 628 g/mol. The summed E-state index contributed by atoms with van der Waals surface area (Å²) in [4.78, 5) is 84.9. The van der Waals surface area contributed by atoms with Crippen LogP contribution in [0.3, 0.4) is 0 Å². The van der Waals surface area contributed by atoms with Crippen LogP contribution in [0.1, 0.15) is 41.3 Å². The number of benzene rings is 3. The van der Waals surface area contributed by atoms with Crippen molar-refractivity contribution in [3.05, 3.63) is 146 Å². The minimum atomic E-state index is -1.78. The second-order valence-electron chi connectivity index (χ2n) is 12.4. The van der Waals surface area contributed by atoms with Gasteiger partial charge in [0.25, 0.3) is 5.91 Å². The summed E-state index contributed by atoms with van der Waals surface area (Å²) in [6.45, 7) is 1.53. The first kappa shape index (κ1) is 31.6. The predicted molar refractivity (Wildman–Crippen MR) is 176 cm³/mol. The van der Waals surface area contributed by atoms with Gasteiger partial charge in [0.15, 0.2) is 5.78 Å². The van der Waals surface area contributed by atoms with Crippen molar-refractivity contribution in [3.8, 4) is 5.69 Å². The van der Waals surface area contributed by atoms with Crippen molar-refractivity contribution in [1.29, 1.82) is 0 Å². The Balaban J connectivity index is 1.56. The lowest BCUT2D eigenvalue weighted by molar-refractivity contribution is -0.146. The first-order valence-corrected chi connectivity index (χ1v) is 15.7. The Morgan fingerprint density at radius 3 is 2.00 bits per heavy atom. The number of ether oxygens (including phenoxy) is 2. The predicted octanol–water partition coefficient (Wildman–Crippen LogP) is 2.92. The third kappa shape index (κ3) is 4.73. The number of esters is 2. The van der Waals surface area contributed by atoms with Crippen molar-refractivity contribution in [2.75, 3.05) is 14.2 Å². The summed E-state index contributed by atoms with van der Waals surface area (Å²) >= 11 is 0. The summed E-state index contributed by atoms with van der Waals surface area (Å²) in [6, 6.07) is 23.3. The van der Waals surface area contributed by atoms with Crippen molar-refractivity contribution in [2.45, 2.75) is 31.0 Å². The fourth-order valence-corrected chi connectivity index (χ4v) is 7.68. The van der Waals surface area contributed by atoms with E-state index in [0.717, 1.165) is 4.57 Å². The van der Waals surface area contributed by atoms with E-state index in [4.69, 9.17) is 9.47 Å². The van der Waals surface area contributed by atoms with Gasteiger partial charge in [0.1, 0.15) is 11.6 Å². The lowest BCUT2D eigenvalue weighted by Crippen LogP contribution is -2.57. The number of carbonyl (C=O) groups is 4. The van der Waals surface area contributed by atoms with Crippen molar-refractivity contribution in [2.24, 2.45) is 11.8 Å². The molecule has 1 aliphatic heterocycles. The Kier molecular flexibility index (Phi) is 7.65. The molecule has 248 valence electrons. The molecule has 4 aromatic rings. The molecule has 12 heteroatoms. The molecule has 0 saturated carbocycles. The number of Topliss-reactive ketones (excluding diaryl/α,β-unsaturated/α-hetero) is 1. The second-order valence-corrected chi connectivity index (χ2v) is 12.4. The molecular formula is C37H32N4O8. The van der Waals surface area contributed by atoms with E-state index < -0.39 is 64.5 Å². The molecule has 1 N–H and O–H groups in total. The minimum absolute atomic E-state index is 0.0462. The average Bonchev–Trinajstić information content (AvgIpc) is 3.41. The lowest BCUT2D eigenvalue weighted by atomic mass is 9.74. The standard InChI is InChI=1S/C37H32N4O8/c1-37(38-32(43)22-15-9-5-10-16-22)29-25(34(45)49-3)19-23(33(44)48-2)20-26-27(29)28(31(37)42)30(21-13-7-4-8-14-21)41-36(47)39(35(46)40(26)41)24-17-11-6-12-18-24/h4-19,25-26,29-30H,20H2,1-3H3,(H,38,43)/t25-,26-,29?,30+,37+/m1/s1. The first-order chi connectivity index (χ1) is 23.6. The summed E-state index contributed by atoms with van der Waals surface area (Å²) in [5.41, 5.74) is -1.53. The average molecular weight is 661 g/mol. The van der Waals surface area contributed by atoms with Gasteiger partial charge in [-0.25, -0.2) is 28.3 Å². The Labute approximate surface area is 279 Å². The van der Waals surface area contributed by atoms with Gasteiger partial charge in [-0.05, 0) is 42.3 Å². The maximum Gasteiger partial charge on any atom is 0.352 e. The highest BCUT2D eigenvalue weighted by Gasteiger charge is 2.62. The van der Waals surface area contributed by atoms with Crippen LogP contribution >= 0.6 is 0 Å². The second kappa shape index (κ2) is 11.9. The van der Waals surface area contributed by atoms with E-state index in [1.54, 1.807) is 91.0 Å². The van der Waals surface area contributed by atoms with E-state index in [9.17, 15) is 24.0 Å². The lowest BCUT2D eigenvalue weighted by Gasteiger charge is -2.37. The Bertz CT molecular complexity index is 2200. The molecule has 5 atom stereocenters. The van der Waals surface area contributed by atoms with E-state index in [1.165, 1.54) is 36.6 Å². The number of nitrogens with zero attached hydrogens (tertiary/aromatic N) is 3. The zero-order valence-corrected chi connectivity index (χ0v) is 26.9. The fourth-order valence-electron chi connectivity index (χ4n) is 7.68. The Morgan fingerprint density at radius 1 is 0.796 bits per heavy atom. The maximum absolute atomic E-state index is 15.1. The highest BCUT2D eigenvalue weighted by molar-refractivity contribution is 6.12. The molecule has 2 aliphatic carbocycles. The van der Waals surface area contributed by atoms with Crippen LogP contribution in [0, 0.1) is 11.8 Å². The summed E-state index contributed by atoms with van der Waals surface area (Å²) in [6.07, 6.45) is 1.21. The fraction of sp³-hybridized carbons (Fsp3) is 0.243. The molecule has 2 heterocycles. The van der Waals surface area contributed by atoms with E-state index in [0.29, 0.717) is 16.8 Å². The normalized spacial score (nSPS) is 23.9. The molecule has 0 bridgehead atoms. The van der Waals surface area contributed by atoms with Gasteiger partial charge in [-0.2, -0.15) is 0 Å². The van der Waals surface area contributed by atoms with E-state index in [2.05, 4.69) is 5.32 Å². The summed E-state index contributed by atoms with van der Waals surface area (Å²) < 4.78 is 13.9. The van der Waals surface area contributed by atoms with Crippen LogP contribution in [0.4, 0.5) is 0 Å². The van der Waals surface area contributed by atoms with Crippen LogP contribution in [0.2, 0.25) is 0 Å². The molecule has 0 fully saturated rings. The summed E-state index contributed by atoms with van der Waals surface area (Å²) in [5.74, 6) is -5.00. The number of amides is 1. The number of hydrogen-bond acceptors (Lipinski definition) is 8. The monoisotopic (exact) mass is 660 g/mol. The van der Waals surface area contributed by atoms with Gasteiger partial charge in [0.2, 0.25) is 0 Å². The third-order valence-corrected chi connectivity index (χ3v) is 9.78. The summed E-state index contributed by atoms with van der Waals surface area (Å²) in [5, 5.41) is 2.92. The number of methoxy groups -OCH3 is 2. The van der Waals surface area contributed by atoms with Crippen LogP contribution in [-0.2, 0) is 23.9 Å². The maximum atomic E-state index is 15.1. The van der Waals surface area contributed by atoms with Gasteiger partial charge >= 0.3 is 23.3 Å². The highest BCUT2D eigenvalue weighted by atomic mass is 16.5. The van der Waals surface area contributed by atoms with E-state index in [-0.39, 0.29) is 23.1 Å². The number of carbonyl (C=O) groups excluding carboxylic acids is 4. The molecule has 0 radical (unpaired) electrons. The smallest absolute Gasteiger partial charge is 0.352 e. The van der Waals surface area contributed by atoms with Crippen LogP contribution in [0.25, 0.3) is 5.69 Å². The van der Waals surface area contributed by atoms with E-state index >= 15 is 4.79 Å². The number of para-hydroxylation sites is 1. The molecule has 1 unspecified atom stereocenters. The molecule has 3 aromatic carbocycles. The molecule has 7 rings (SSSR count). The molecule has 1 aromatic heterocycles. The molecule has 0 spiro atoms. The number of nitrogens with one attached hydrogen (secondary N) is 1. The van der Waals surface area contributed by atoms with Crippen LogP contribution < -0.4 is 16.7 Å². The van der Waals surface area contributed by atoms with E-state index in [1.807, 2.05) is 0 Å². The Hall–Kier alpha value is -6.04. The quantitative estimate of drug-likeness (QED) is 0.311. The van der Waals surface area contributed by atoms with Gasteiger partial charge in [0.05, 0.1) is 31.9 Å². The molecule has 1 amide bonds. The molecule has 3 aliphatic rings. The van der Waals surface area contributed by atoms with Gasteiger partial charge in [-0.1, -0.05) is 72.8 Å². The largest absolute Gasteiger partial charge is 0.469 e. The van der Waals surface area contributed by atoms with Crippen LogP contribution in [0.15, 0.2) is 123 Å². The number of ketones is 1. The molecule has 12 nitrogen and oxygen atoms in total. The SMILES string of the molecule is COC(=O)C1=C[C@@H](C(=O)OC)C2C3=C(C(=O)[C@@]2(C)NC(=O)c2ccccc2)[C@H](c2ccccc2)n2c(=O)n(-c4ccccc4)c(=O)n2[C@@H]3C1. The zero-order valence-electron chi connectivity index (χ0n) is 26.9. The van der Waals surface area contributed by atoms with Gasteiger partial charge < -0.3 is 14.8 Å². The topological polar surface area (TPSA) is 148 Å². The minimum Gasteiger partial charge on any atom is -0.469 e. The van der Waals surface area contributed by atoms with Gasteiger partial charge in [0, 0.05) is 29.0 Å². The van der Waals surface area contributed by atoms with Gasteiger partial charge in [-0.15, -0.1) is 0 Å². The highest BCUT2D eigenvalue weighted by Crippen LogP contribution is 2.56. The van der Waals surface area contributed by atoms with Gasteiger partial charge in [-0.3, -0.25) is 14.4 Å². The van der Waals surface area contributed by atoms with Crippen molar-refractivity contribution in [1.82, 2.24) is 19.2 Å². The number of fused-ring (bicyclic) bond motifs is 2. The first-order valence-electron chi connectivity index (χ1n) is 15.7. The Morgan fingerprint density at radius 2 is 1.39 bits per heavy atom. The zero-order chi connectivity index (χ0) is 34.6. The van der Waals surface area contributed by atoms with Crippen molar-refractivity contribution < 1.29 is 28.7 Å². The van der Waals surface area contributed by atoms with Crippen molar-refractivity contribution in [3.63, 3.8) is 0 Å². The number of aromatic nitrogens is 3. The van der Waals surface area contributed by atoms with Crippen LogP contribution in [-0.4, -0.2) is 57.3 Å². The number of rotatable bonds is 6.